The van der Waals surface area contributed by atoms with Crippen molar-refractivity contribution >= 4 is 5.91 Å². The summed E-state index contributed by atoms with van der Waals surface area (Å²) < 4.78 is 0. The van der Waals surface area contributed by atoms with Crippen LogP contribution < -0.4 is 5.73 Å². The molecule has 0 bridgehead atoms. The summed E-state index contributed by atoms with van der Waals surface area (Å²) in [5.41, 5.74) is 6.96. The zero-order chi connectivity index (χ0) is 12.0. The number of unbranched alkanes of at least 4 members (excludes halogenated alkanes) is 1. The molecule has 3 heteroatoms. The van der Waals surface area contributed by atoms with Gasteiger partial charge in [0, 0.05) is 12.1 Å². The van der Waals surface area contributed by atoms with Gasteiger partial charge in [0.25, 0.3) is 0 Å². The fourth-order valence-corrected chi connectivity index (χ4v) is 1.64. The normalized spacial score (nSPS) is 10.7. The van der Waals surface area contributed by atoms with Crippen LogP contribution in [-0.2, 0) is 6.54 Å². The van der Waals surface area contributed by atoms with Crippen molar-refractivity contribution in [1.82, 2.24) is 4.90 Å². The summed E-state index contributed by atoms with van der Waals surface area (Å²) in [5, 5.41) is 0. The quantitative estimate of drug-likeness (QED) is 0.797. The molecule has 1 rings (SSSR count). The van der Waals surface area contributed by atoms with E-state index in [1.165, 1.54) is 12.8 Å². The molecule has 3 nitrogen and oxygen atoms in total. The first-order chi connectivity index (χ1) is 7.63. The summed E-state index contributed by atoms with van der Waals surface area (Å²) in [4.78, 5) is 13.3. The highest BCUT2D eigenvalue weighted by molar-refractivity contribution is 5.92. The SMILES string of the molecule is CCCCN(C)Cc1cccc(C(N)=O)c1. The van der Waals surface area contributed by atoms with E-state index in [0.29, 0.717) is 5.56 Å². The highest BCUT2D eigenvalue weighted by atomic mass is 16.1. The average Bonchev–Trinajstić information content (AvgIpc) is 2.26. The molecule has 0 aliphatic carbocycles. The number of amides is 1. The van der Waals surface area contributed by atoms with Gasteiger partial charge in [0.2, 0.25) is 5.91 Å². The lowest BCUT2D eigenvalue weighted by Gasteiger charge is -2.16. The number of carbonyl (C=O) groups is 1. The first-order valence-corrected chi connectivity index (χ1v) is 5.70. The highest BCUT2D eigenvalue weighted by Gasteiger charge is 2.03. The zero-order valence-electron chi connectivity index (χ0n) is 10.1. The van der Waals surface area contributed by atoms with E-state index in [1.807, 2.05) is 18.2 Å². The van der Waals surface area contributed by atoms with Crippen molar-refractivity contribution in [3.8, 4) is 0 Å². The van der Waals surface area contributed by atoms with Gasteiger partial charge in [-0.05, 0) is 37.7 Å². The van der Waals surface area contributed by atoms with Crippen LogP contribution in [0.2, 0.25) is 0 Å². The Kier molecular flexibility index (Phi) is 4.99. The Labute approximate surface area is 97.2 Å². The number of primary amides is 1. The minimum Gasteiger partial charge on any atom is -0.366 e. The minimum atomic E-state index is -0.363. The largest absolute Gasteiger partial charge is 0.366 e. The molecule has 0 fully saturated rings. The van der Waals surface area contributed by atoms with Crippen LogP contribution in [0.3, 0.4) is 0 Å². The van der Waals surface area contributed by atoms with Crippen LogP contribution in [0.15, 0.2) is 24.3 Å². The molecule has 0 aromatic heterocycles. The minimum absolute atomic E-state index is 0.363. The first-order valence-electron chi connectivity index (χ1n) is 5.70. The number of rotatable bonds is 6. The summed E-state index contributed by atoms with van der Waals surface area (Å²) in [6, 6.07) is 7.51. The van der Waals surface area contributed by atoms with Gasteiger partial charge in [-0.1, -0.05) is 25.5 Å². The second-order valence-electron chi connectivity index (χ2n) is 4.16. The maximum absolute atomic E-state index is 11.0. The van der Waals surface area contributed by atoms with Gasteiger partial charge in [0.15, 0.2) is 0 Å². The van der Waals surface area contributed by atoms with E-state index < -0.39 is 0 Å². The van der Waals surface area contributed by atoms with E-state index in [4.69, 9.17) is 5.73 Å². The van der Waals surface area contributed by atoms with Crippen LogP contribution in [0.1, 0.15) is 35.7 Å². The molecule has 0 atom stereocenters. The fraction of sp³-hybridized carbons (Fsp3) is 0.462. The second-order valence-corrected chi connectivity index (χ2v) is 4.16. The van der Waals surface area contributed by atoms with Crippen LogP contribution in [0.5, 0.6) is 0 Å². The summed E-state index contributed by atoms with van der Waals surface area (Å²) >= 11 is 0. The molecule has 0 radical (unpaired) electrons. The third-order valence-electron chi connectivity index (χ3n) is 2.56. The molecule has 1 amide bonds. The molecule has 1 aromatic rings. The maximum atomic E-state index is 11.0. The van der Waals surface area contributed by atoms with Gasteiger partial charge < -0.3 is 10.6 Å². The van der Waals surface area contributed by atoms with Crippen molar-refractivity contribution in [2.45, 2.75) is 26.3 Å². The Morgan fingerprint density at radius 3 is 2.81 bits per heavy atom. The lowest BCUT2D eigenvalue weighted by molar-refractivity contribution is 0.1000. The highest BCUT2D eigenvalue weighted by Crippen LogP contribution is 2.07. The van der Waals surface area contributed by atoms with Gasteiger partial charge >= 0.3 is 0 Å². The van der Waals surface area contributed by atoms with Gasteiger partial charge in [0.05, 0.1) is 0 Å². The fourth-order valence-electron chi connectivity index (χ4n) is 1.64. The second kappa shape index (κ2) is 6.28. The summed E-state index contributed by atoms with van der Waals surface area (Å²) in [6.45, 7) is 4.12. The number of hydrogen-bond donors (Lipinski definition) is 1. The standard InChI is InChI=1S/C13H20N2O/c1-3-4-8-15(2)10-11-6-5-7-12(9-11)13(14)16/h5-7,9H,3-4,8,10H2,1-2H3,(H2,14,16). The first kappa shape index (κ1) is 12.7. The van der Waals surface area contributed by atoms with Crippen molar-refractivity contribution < 1.29 is 4.79 Å². The van der Waals surface area contributed by atoms with E-state index in [0.717, 1.165) is 18.7 Å². The number of hydrogen-bond acceptors (Lipinski definition) is 2. The van der Waals surface area contributed by atoms with Gasteiger partial charge in [-0.25, -0.2) is 0 Å². The van der Waals surface area contributed by atoms with Crippen molar-refractivity contribution in [2.75, 3.05) is 13.6 Å². The van der Waals surface area contributed by atoms with Crippen molar-refractivity contribution in [3.63, 3.8) is 0 Å². The van der Waals surface area contributed by atoms with E-state index in [1.54, 1.807) is 6.07 Å². The predicted molar refractivity (Wildman–Crippen MR) is 66.2 cm³/mol. The van der Waals surface area contributed by atoms with Gasteiger partial charge in [-0.2, -0.15) is 0 Å². The summed E-state index contributed by atoms with van der Waals surface area (Å²) in [7, 11) is 2.09. The molecule has 0 saturated carbocycles. The van der Waals surface area contributed by atoms with Gasteiger partial charge in [-0.3, -0.25) is 4.79 Å². The van der Waals surface area contributed by atoms with E-state index in [2.05, 4.69) is 18.9 Å². The van der Waals surface area contributed by atoms with Crippen molar-refractivity contribution in [2.24, 2.45) is 5.73 Å². The maximum Gasteiger partial charge on any atom is 0.248 e. The van der Waals surface area contributed by atoms with E-state index >= 15 is 0 Å². The van der Waals surface area contributed by atoms with Crippen LogP contribution in [0.25, 0.3) is 0 Å². The topological polar surface area (TPSA) is 46.3 Å². The molecule has 0 spiro atoms. The van der Waals surface area contributed by atoms with E-state index in [9.17, 15) is 4.79 Å². The molecular weight excluding hydrogens is 200 g/mol. The molecule has 0 saturated heterocycles. The Hall–Kier alpha value is -1.35. The molecule has 88 valence electrons. The Morgan fingerprint density at radius 1 is 1.44 bits per heavy atom. The molecule has 16 heavy (non-hydrogen) atoms. The van der Waals surface area contributed by atoms with Crippen LogP contribution in [0, 0.1) is 0 Å². The number of nitrogens with two attached hydrogens (primary N) is 1. The molecule has 0 aliphatic heterocycles. The Bertz CT molecular complexity index is 350. The molecule has 0 aliphatic rings. The monoisotopic (exact) mass is 220 g/mol. The molecular formula is C13H20N2O. The third kappa shape index (κ3) is 4.03. The van der Waals surface area contributed by atoms with Crippen LogP contribution >= 0.6 is 0 Å². The molecule has 2 N–H and O–H groups in total. The number of benzene rings is 1. The van der Waals surface area contributed by atoms with Crippen molar-refractivity contribution in [3.05, 3.63) is 35.4 Å². The average molecular weight is 220 g/mol. The Morgan fingerprint density at radius 2 is 2.19 bits per heavy atom. The predicted octanol–water partition coefficient (Wildman–Crippen LogP) is 2.02. The van der Waals surface area contributed by atoms with Crippen molar-refractivity contribution in [1.29, 1.82) is 0 Å². The Balaban J connectivity index is 2.59. The number of carbonyl (C=O) groups excluding carboxylic acids is 1. The van der Waals surface area contributed by atoms with Crippen LogP contribution in [-0.4, -0.2) is 24.4 Å². The van der Waals surface area contributed by atoms with E-state index in [-0.39, 0.29) is 5.91 Å². The lowest BCUT2D eigenvalue weighted by Crippen LogP contribution is -2.19. The third-order valence-corrected chi connectivity index (χ3v) is 2.56. The smallest absolute Gasteiger partial charge is 0.248 e. The summed E-state index contributed by atoms with van der Waals surface area (Å²) in [5.74, 6) is -0.363. The molecule has 0 unspecified atom stereocenters. The number of nitrogens with zero attached hydrogens (tertiary/aromatic N) is 1. The lowest BCUT2D eigenvalue weighted by atomic mass is 10.1. The van der Waals surface area contributed by atoms with Crippen LogP contribution in [0.4, 0.5) is 0 Å². The molecule has 0 heterocycles. The molecule has 1 aromatic carbocycles. The van der Waals surface area contributed by atoms with Gasteiger partial charge in [-0.15, -0.1) is 0 Å². The van der Waals surface area contributed by atoms with Gasteiger partial charge in [0.1, 0.15) is 0 Å². The summed E-state index contributed by atoms with van der Waals surface area (Å²) in [6.07, 6.45) is 2.40. The zero-order valence-corrected chi connectivity index (χ0v) is 10.1.